The van der Waals surface area contributed by atoms with E-state index in [9.17, 15) is 14.4 Å². The van der Waals surface area contributed by atoms with E-state index in [4.69, 9.17) is 10.8 Å². The molecule has 0 unspecified atom stereocenters. The Labute approximate surface area is 106 Å². The van der Waals surface area contributed by atoms with E-state index in [0.717, 1.165) is 6.08 Å². The summed E-state index contributed by atoms with van der Waals surface area (Å²) in [4.78, 5) is 29.3. The first-order valence-electron chi connectivity index (χ1n) is 4.64. The van der Waals surface area contributed by atoms with Crippen LogP contribution in [0.5, 0.6) is 0 Å². The molecule has 0 radical (unpaired) electrons. The van der Waals surface area contributed by atoms with Crippen molar-refractivity contribution in [2.75, 3.05) is 7.11 Å². The van der Waals surface area contributed by atoms with Crippen LogP contribution in [0.4, 0.5) is 0 Å². The van der Waals surface area contributed by atoms with E-state index < -0.39 is 11.9 Å². The summed E-state index contributed by atoms with van der Waals surface area (Å²) < 4.78 is 4.27. The standard InChI is InChI=1S/C5H8O2.C4H7NO.C3H4O2/c1-4(2)5(6)7-3;1-3(2)4(5)6;1-2-3(4)5/h1H2,2-3H3;1H2,2H3,(H2,5,6);2H,1H2,(H,4,5). The fourth-order valence-electron chi connectivity index (χ4n) is 0.174. The van der Waals surface area contributed by atoms with Crippen LogP contribution in [0.3, 0.4) is 0 Å². The first-order chi connectivity index (χ1) is 8.09. The maximum absolute atomic E-state index is 10.2. The molecule has 0 aromatic carbocycles. The largest absolute Gasteiger partial charge is 0.478 e. The molecule has 0 aliphatic rings. The van der Waals surface area contributed by atoms with Crippen molar-refractivity contribution in [1.82, 2.24) is 0 Å². The van der Waals surface area contributed by atoms with Gasteiger partial charge in [0.05, 0.1) is 7.11 Å². The lowest BCUT2D eigenvalue weighted by Crippen LogP contribution is -2.10. The minimum absolute atomic E-state index is 0.347. The van der Waals surface area contributed by atoms with Crippen LogP contribution >= 0.6 is 0 Å². The van der Waals surface area contributed by atoms with Crippen LogP contribution < -0.4 is 5.73 Å². The summed E-state index contributed by atoms with van der Waals surface area (Å²) in [5, 5.41) is 7.60. The van der Waals surface area contributed by atoms with E-state index in [1.54, 1.807) is 13.8 Å². The fourth-order valence-corrected chi connectivity index (χ4v) is 0.174. The van der Waals surface area contributed by atoms with E-state index in [1.165, 1.54) is 7.11 Å². The number of carboxylic acids is 1. The second-order valence-electron chi connectivity index (χ2n) is 2.96. The summed E-state index contributed by atoms with van der Waals surface area (Å²) in [6.07, 6.45) is 0.833. The van der Waals surface area contributed by atoms with Crippen LogP contribution in [-0.2, 0) is 19.1 Å². The first-order valence-corrected chi connectivity index (χ1v) is 4.64. The molecule has 0 aromatic rings. The Morgan fingerprint density at radius 1 is 1.17 bits per heavy atom. The molecule has 0 atom stereocenters. The van der Waals surface area contributed by atoms with Crippen LogP contribution in [0.25, 0.3) is 0 Å². The van der Waals surface area contributed by atoms with Crippen molar-refractivity contribution in [1.29, 1.82) is 0 Å². The highest BCUT2D eigenvalue weighted by atomic mass is 16.5. The Kier molecular flexibility index (Phi) is 14.8. The number of methoxy groups -OCH3 is 1. The molecule has 102 valence electrons. The van der Waals surface area contributed by atoms with Gasteiger partial charge in [0.25, 0.3) is 0 Å². The van der Waals surface area contributed by atoms with Crippen molar-refractivity contribution in [3.05, 3.63) is 37.0 Å². The minimum atomic E-state index is -0.981. The number of aliphatic carboxylic acids is 1. The molecule has 0 fully saturated rings. The number of hydrogen-bond acceptors (Lipinski definition) is 4. The van der Waals surface area contributed by atoms with Gasteiger partial charge in [0.15, 0.2) is 0 Å². The molecule has 6 heteroatoms. The molecule has 3 N–H and O–H groups in total. The zero-order chi connectivity index (χ0) is 15.3. The molecule has 0 aliphatic heterocycles. The zero-order valence-electron chi connectivity index (χ0n) is 10.9. The number of esters is 1. The van der Waals surface area contributed by atoms with Gasteiger partial charge in [-0.2, -0.15) is 0 Å². The number of nitrogens with two attached hydrogens (primary N) is 1. The second-order valence-corrected chi connectivity index (χ2v) is 2.96. The molecule has 0 saturated carbocycles. The number of carboxylic acid groups (broad SMARTS) is 1. The number of ether oxygens (including phenoxy) is 1. The Bertz CT molecular complexity index is 332. The number of rotatable bonds is 3. The summed E-state index contributed by atoms with van der Waals surface area (Å²) in [7, 11) is 1.33. The van der Waals surface area contributed by atoms with Gasteiger partial charge in [-0.05, 0) is 13.8 Å². The average molecular weight is 257 g/mol. The summed E-state index contributed by atoms with van der Waals surface area (Å²) in [6, 6.07) is 0. The van der Waals surface area contributed by atoms with Crippen molar-refractivity contribution in [3.63, 3.8) is 0 Å². The minimum Gasteiger partial charge on any atom is -0.478 e. The molecule has 0 spiro atoms. The fraction of sp³-hybridized carbons (Fsp3) is 0.250. The van der Waals surface area contributed by atoms with Gasteiger partial charge in [-0.1, -0.05) is 19.7 Å². The number of amides is 1. The Morgan fingerprint density at radius 3 is 1.44 bits per heavy atom. The molecule has 0 rings (SSSR count). The summed E-state index contributed by atoms with van der Waals surface area (Å²) in [6.45, 7) is 12.8. The van der Waals surface area contributed by atoms with Crippen molar-refractivity contribution in [2.24, 2.45) is 5.73 Å². The molecular formula is C12H19NO5. The first kappa shape index (κ1) is 21.0. The predicted molar refractivity (Wildman–Crippen MR) is 68.7 cm³/mol. The summed E-state index contributed by atoms with van der Waals surface area (Å²) in [5.74, 6) is -1.76. The summed E-state index contributed by atoms with van der Waals surface area (Å²) in [5.41, 5.74) is 5.53. The van der Waals surface area contributed by atoms with E-state index in [0.29, 0.717) is 11.1 Å². The highest BCUT2D eigenvalue weighted by Crippen LogP contribution is 1.87. The van der Waals surface area contributed by atoms with Crippen LogP contribution in [-0.4, -0.2) is 30.1 Å². The van der Waals surface area contributed by atoms with Gasteiger partial charge in [0.2, 0.25) is 5.91 Å². The molecule has 6 nitrogen and oxygen atoms in total. The third kappa shape index (κ3) is 23.4. The molecule has 18 heavy (non-hydrogen) atoms. The van der Waals surface area contributed by atoms with Crippen molar-refractivity contribution >= 4 is 17.8 Å². The van der Waals surface area contributed by atoms with Crippen LogP contribution in [0.15, 0.2) is 37.0 Å². The number of carbonyl (C=O) groups excluding carboxylic acids is 2. The molecule has 0 aromatic heterocycles. The van der Waals surface area contributed by atoms with Crippen LogP contribution in [0.2, 0.25) is 0 Å². The highest BCUT2D eigenvalue weighted by molar-refractivity contribution is 5.90. The topological polar surface area (TPSA) is 107 Å². The number of hydrogen-bond donors (Lipinski definition) is 2. The molecule has 1 amide bonds. The Balaban J connectivity index is -0.000000190. The monoisotopic (exact) mass is 257 g/mol. The molecule has 0 saturated heterocycles. The van der Waals surface area contributed by atoms with E-state index >= 15 is 0 Å². The Hall–Kier alpha value is -2.37. The maximum Gasteiger partial charge on any atom is 0.332 e. The van der Waals surface area contributed by atoms with E-state index in [1.807, 2.05) is 0 Å². The van der Waals surface area contributed by atoms with Gasteiger partial charge in [-0.15, -0.1) is 0 Å². The van der Waals surface area contributed by atoms with E-state index in [-0.39, 0.29) is 5.97 Å². The van der Waals surface area contributed by atoms with Crippen molar-refractivity contribution in [3.8, 4) is 0 Å². The SMILES string of the molecule is C=C(C)C(=O)OC.C=C(C)C(N)=O.C=CC(=O)O. The third-order valence-electron chi connectivity index (χ3n) is 1.13. The zero-order valence-corrected chi connectivity index (χ0v) is 10.9. The molecule has 0 aliphatic carbocycles. The van der Waals surface area contributed by atoms with Gasteiger partial charge >= 0.3 is 11.9 Å². The van der Waals surface area contributed by atoms with Crippen LogP contribution in [0, 0.1) is 0 Å². The van der Waals surface area contributed by atoms with Crippen molar-refractivity contribution < 1.29 is 24.2 Å². The molecule has 0 bridgehead atoms. The molecule has 0 heterocycles. The normalized spacial score (nSPS) is 7.28. The maximum atomic E-state index is 10.2. The number of primary amides is 1. The number of carbonyl (C=O) groups is 3. The lowest BCUT2D eigenvalue weighted by atomic mass is 10.3. The third-order valence-corrected chi connectivity index (χ3v) is 1.13. The van der Waals surface area contributed by atoms with Crippen LogP contribution in [0.1, 0.15) is 13.8 Å². The van der Waals surface area contributed by atoms with Gasteiger partial charge in [-0.3, -0.25) is 4.79 Å². The Morgan fingerprint density at radius 2 is 1.44 bits per heavy atom. The highest BCUT2D eigenvalue weighted by Gasteiger charge is 1.95. The molecular weight excluding hydrogens is 238 g/mol. The summed E-state index contributed by atoms with van der Waals surface area (Å²) >= 11 is 0. The van der Waals surface area contributed by atoms with Gasteiger partial charge in [-0.25, -0.2) is 9.59 Å². The van der Waals surface area contributed by atoms with E-state index in [2.05, 4.69) is 24.5 Å². The smallest absolute Gasteiger partial charge is 0.332 e. The van der Waals surface area contributed by atoms with Gasteiger partial charge in [0.1, 0.15) is 0 Å². The average Bonchev–Trinajstić information content (AvgIpc) is 2.29. The quantitative estimate of drug-likeness (QED) is 0.580. The lowest BCUT2D eigenvalue weighted by molar-refractivity contribution is -0.136. The van der Waals surface area contributed by atoms with Crippen molar-refractivity contribution in [2.45, 2.75) is 13.8 Å². The van der Waals surface area contributed by atoms with Gasteiger partial charge in [0, 0.05) is 17.2 Å². The van der Waals surface area contributed by atoms with Gasteiger partial charge < -0.3 is 15.6 Å². The predicted octanol–water partition coefficient (Wildman–Crippen LogP) is 1.04. The lowest BCUT2D eigenvalue weighted by Gasteiger charge is -1.91. The second kappa shape index (κ2) is 12.7.